The highest BCUT2D eigenvalue weighted by Gasteiger charge is 2.30. The minimum Gasteiger partial charge on any atom is -0.350 e. The number of amides is 2. The van der Waals surface area contributed by atoms with E-state index in [1.165, 1.54) is 10.2 Å². The van der Waals surface area contributed by atoms with E-state index >= 15 is 0 Å². The second-order valence-corrected chi connectivity index (χ2v) is 5.79. The van der Waals surface area contributed by atoms with E-state index in [2.05, 4.69) is 15.7 Å². The Morgan fingerprint density at radius 1 is 1.26 bits per heavy atom. The van der Waals surface area contributed by atoms with E-state index in [0.717, 1.165) is 19.3 Å². The van der Waals surface area contributed by atoms with Crippen molar-refractivity contribution in [1.29, 1.82) is 0 Å². The first kappa shape index (κ1) is 15.3. The van der Waals surface area contributed by atoms with Gasteiger partial charge in [-0.3, -0.25) is 14.3 Å². The SMILES string of the molecule is Cn1nc(C(=O)NCCc2ccccc2)cc1NC(=O)C1CC1. The van der Waals surface area contributed by atoms with E-state index in [1.807, 2.05) is 30.3 Å². The highest BCUT2D eigenvalue weighted by molar-refractivity contribution is 5.96. The van der Waals surface area contributed by atoms with Crippen LogP contribution in [0, 0.1) is 5.92 Å². The van der Waals surface area contributed by atoms with Crippen LogP contribution in [-0.4, -0.2) is 28.1 Å². The zero-order chi connectivity index (χ0) is 16.2. The Morgan fingerprint density at radius 3 is 2.70 bits per heavy atom. The summed E-state index contributed by atoms with van der Waals surface area (Å²) >= 11 is 0. The van der Waals surface area contributed by atoms with Gasteiger partial charge in [0.15, 0.2) is 5.69 Å². The average Bonchev–Trinajstić information content (AvgIpc) is 3.34. The van der Waals surface area contributed by atoms with Gasteiger partial charge in [0.1, 0.15) is 5.82 Å². The molecular weight excluding hydrogens is 292 g/mol. The van der Waals surface area contributed by atoms with E-state index in [9.17, 15) is 9.59 Å². The van der Waals surface area contributed by atoms with E-state index in [4.69, 9.17) is 0 Å². The maximum Gasteiger partial charge on any atom is 0.271 e. The van der Waals surface area contributed by atoms with Gasteiger partial charge in [0.25, 0.3) is 5.91 Å². The summed E-state index contributed by atoms with van der Waals surface area (Å²) in [7, 11) is 1.71. The van der Waals surface area contributed by atoms with Gasteiger partial charge in [-0.1, -0.05) is 30.3 Å². The fourth-order valence-electron chi connectivity index (χ4n) is 2.32. The number of anilines is 1. The maximum atomic E-state index is 12.1. The van der Waals surface area contributed by atoms with Crippen LogP contribution < -0.4 is 10.6 Å². The van der Waals surface area contributed by atoms with Crippen LogP contribution in [0.1, 0.15) is 28.9 Å². The summed E-state index contributed by atoms with van der Waals surface area (Å²) in [6.07, 6.45) is 2.65. The lowest BCUT2D eigenvalue weighted by molar-refractivity contribution is -0.117. The van der Waals surface area contributed by atoms with Gasteiger partial charge in [0.2, 0.25) is 5.91 Å². The topological polar surface area (TPSA) is 76.0 Å². The quantitative estimate of drug-likeness (QED) is 0.853. The Bertz CT molecular complexity index is 705. The molecule has 6 heteroatoms. The lowest BCUT2D eigenvalue weighted by Crippen LogP contribution is -2.26. The smallest absolute Gasteiger partial charge is 0.271 e. The van der Waals surface area contributed by atoms with Crippen molar-refractivity contribution in [2.24, 2.45) is 13.0 Å². The highest BCUT2D eigenvalue weighted by Crippen LogP contribution is 2.30. The summed E-state index contributed by atoms with van der Waals surface area (Å²) in [6, 6.07) is 11.6. The van der Waals surface area contributed by atoms with E-state index in [1.54, 1.807) is 13.1 Å². The zero-order valence-corrected chi connectivity index (χ0v) is 13.1. The number of benzene rings is 1. The second-order valence-electron chi connectivity index (χ2n) is 5.79. The first-order valence-corrected chi connectivity index (χ1v) is 7.80. The van der Waals surface area contributed by atoms with Crippen molar-refractivity contribution >= 4 is 17.6 Å². The van der Waals surface area contributed by atoms with Crippen LogP contribution in [-0.2, 0) is 18.3 Å². The molecular formula is C17H20N4O2. The molecule has 6 nitrogen and oxygen atoms in total. The number of carbonyl (C=O) groups excluding carboxylic acids is 2. The largest absolute Gasteiger partial charge is 0.350 e. The summed E-state index contributed by atoms with van der Waals surface area (Å²) < 4.78 is 1.52. The van der Waals surface area contributed by atoms with E-state index < -0.39 is 0 Å². The van der Waals surface area contributed by atoms with Crippen LogP contribution in [0.3, 0.4) is 0 Å². The Hall–Kier alpha value is -2.63. The molecule has 1 aliphatic rings. The highest BCUT2D eigenvalue weighted by atomic mass is 16.2. The fourth-order valence-corrected chi connectivity index (χ4v) is 2.32. The fraction of sp³-hybridized carbons (Fsp3) is 0.353. The number of carbonyl (C=O) groups is 2. The number of hydrogen-bond acceptors (Lipinski definition) is 3. The van der Waals surface area contributed by atoms with Crippen molar-refractivity contribution in [3.63, 3.8) is 0 Å². The molecule has 0 saturated heterocycles. The molecule has 0 aliphatic heterocycles. The number of rotatable bonds is 6. The monoisotopic (exact) mass is 312 g/mol. The lowest BCUT2D eigenvalue weighted by Gasteiger charge is -2.03. The van der Waals surface area contributed by atoms with E-state index in [-0.39, 0.29) is 17.7 Å². The van der Waals surface area contributed by atoms with Crippen LogP contribution >= 0.6 is 0 Å². The van der Waals surface area contributed by atoms with Crippen molar-refractivity contribution in [3.8, 4) is 0 Å². The number of nitrogens with zero attached hydrogens (tertiary/aromatic N) is 2. The first-order valence-electron chi connectivity index (χ1n) is 7.80. The van der Waals surface area contributed by atoms with Gasteiger partial charge in [-0.2, -0.15) is 5.10 Å². The average molecular weight is 312 g/mol. The van der Waals surface area contributed by atoms with E-state index in [0.29, 0.717) is 18.1 Å². The molecule has 120 valence electrons. The molecule has 1 saturated carbocycles. The van der Waals surface area contributed by atoms with Gasteiger partial charge >= 0.3 is 0 Å². The van der Waals surface area contributed by atoms with Crippen molar-refractivity contribution in [3.05, 3.63) is 47.7 Å². The molecule has 1 aromatic heterocycles. The normalized spacial score (nSPS) is 13.6. The standard InChI is InChI=1S/C17H20N4O2/c1-21-15(19-16(22)13-7-8-13)11-14(20-21)17(23)18-10-9-12-5-3-2-4-6-12/h2-6,11,13H,7-10H2,1H3,(H,18,23)(H,19,22). The summed E-state index contributed by atoms with van der Waals surface area (Å²) in [5, 5.41) is 9.82. The summed E-state index contributed by atoms with van der Waals surface area (Å²) in [5.41, 5.74) is 1.48. The number of hydrogen-bond donors (Lipinski definition) is 2. The Labute approximate surface area is 134 Å². The summed E-state index contributed by atoms with van der Waals surface area (Å²) in [5.74, 6) is 0.440. The Kier molecular flexibility index (Phi) is 4.41. The van der Waals surface area contributed by atoms with Gasteiger partial charge in [0.05, 0.1) is 0 Å². The number of aryl methyl sites for hydroxylation is 1. The van der Waals surface area contributed by atoms with Crippen LogP contribution in [0.4, 0.5) is 5.82 Å². The second kappa shape index (κ2) is 6.64. The molecule has 1 fully saturated rings. The maximum absolute atomic E-state index is 12.1. The zero-order valence-electron chi connectivity index (χ0n) is 13.1. The van der Waals surface area contributed by atoms with Gasteiger partial charge in [-0.05, 0) is 24.8 Å². The molecule has 1 heterocycles. The first-order chi connectivity index (χ1) is 11.1. The van der Waals surface area contributed by atoms with Gasteiger partial charge in [-0.15, -0.1) is 0 Å². The number of nitrogens with one attached hydrogen (secondary N) is 2. The van der Waals surface area contributed by atoms with Crippen molar-refractivity contribution in [2.75, 3.05) is 11.9 Å². The van der Waals surface area contributed by atoms with Crippen molar-refractivity contribution < 1.29 is 9.59 Å². The Balaban J connectivity index is 1.53. The third-order valence-electron chi connectivity index (χ3n) is 3.85. The molecule has 2 amide bonds. The third-order valence-corrected chi connectivity index (χ3v) is 3.85. The minimum atomic E-state index is -0.233. The molecule has 2 aromatic rings. The van der Waals surface area contributed by atoms with Crippen LogP contribution in [0.15, 0.2) is 36.4 Å². The van der Waals surface area contributed by atoms with Gasteiger partial charge < -0.3 is 10.6 Å². The predicted octanol–water partition coefficient (Wildman–Crippen LogP) is 1.74. The van der Waals surface area contributed by atoms with Crippen LogP contribution in [0.25, 0.3) is 0 Å². The molecule has 0 radical (unpaired) electrons. The molecule has 3 rings (SSSR count). The molecule has 0 atom stereocenters. The molecule has 0 spiro atoms. The lowest BCUT2D eigenvalue weighted by atomic mass is 10.1. The predicted molar refractivity (Wildman–Crippen MR) is 87.0 cm³/mol. The third kappa shape index (κ3) is 3.97. The molecule has 1 aliphatic carbocycles. The van der Waals surface area contributed by atoms with Crippen LogP contribution in [0.2, 0.25) is 0 Å². The van der Waals surface area contributed by atoms with Crippen molar-refractivity contribution in [2.45, 2.75) is 19.3 Å². The molecule has 23 heavy (non-hydrogen) atoms. The Morgan fingerprint density at radius 2 is 2.00 bits per heavy atom. The minimum absolute atomic E-state index is 0.00374. The van der Waals surface area contributed by atoms with Crippen molar-refractivity contribution in [1.82, 2.24) is 15.1 Å². The molecule has 1 aromatic carbocycles. The number of aromatic nitrogens is 2. The molecule has 0 bridgehead atoms. The molecule has 0 unspecified atom stereocenters. The summed E-state index contributed by atoms with van der Waals surface area (Å²) in [6.45, 7) is 0.545. The van der Waals surface area contributed by atoms with Gasteiger partial charge in [-0.25, -0.2) is 0 Å². The molecule has 2 N–H and O–H groups in total. The summed E-state index contributed by atoms with van der Waals surface area (Å²) in [4.78, 5) is 23.9. The van der Waals surface area contributed by atoms with Gasteiger partial charge in [0, 0.05) is 25.6 Å². The van der Waals surface area contributed by atoms with Crippen LogP contribution in [0.5, 0.6) is 0 Å².